The van der Waals surface area contributed by atoms with Gasteiger partial charge in [-0.1, -0.05) is 0 Å². The Morgan fingerprint density at radius 3 is 2.46 bits per heavy atom. The Kier molecular flexibility index (Phi) is 2.85. The van der Waals surface area contributed by atoms with E-state index in [0.29, 0.717) is 5.56 Å². The minimum Gasteiger partial charge on any atom is -0.481 e. The zero-order valence-corrected chi connectivity index (χ0v) is 7.90. The van der Waals surface area contributed by atoms with Crippen LogP contribution in [0, 0.1) is 13.8 Å². The highest BCUT2D eigenvalue weighted by molar-refractivity contribution is 5.36. The van der Waals surface area contributed by atoms with Gasteiger partial charge in [-0.3, -0.25) is 0 Å². The zero-order chi connectivity index (χ0) is 10.0. The molecule has 1 aromatic heterocycles. The maximum Gasteiger partial charge on any atom is 0.221 e. The average Bonchev–Trinajstić information content (AvgIpc) is 2.01. The largest absolute Gasteiger partial charge is 0.481 e. The number of aliphatic hydroxyl groups excluding tert-OH is 1. The van der Waals surface area contributed by atoms with Gasteiger partial charge in [-0.15, -0.1) is 0 Å². The van der Waals surface area contributed by atoms with Gasteiger partial charge in [0.2, 0.25) is 5.88 Å². The molecular formula is C9H13NO3. The molecule has 0 bridgehead atoms. The van der Waals surface area contributed by atoms with Gasteiger partial charge in [-0.05, 0) is 25.5 Å². The molecule has 0 aliphatic heterocycles. The topological polar surface area (TPSA) is 62.6 Å². The van der Waals surface area contributed by atoms with E-state index in [1.165, 1.54) is 7.11 Å². The third-order valence-electron chi connectivity index (χ3n) is 1.81. The molecule has 0 aliphatic carbocycles. The van der Waals surface area contributed by atoms with Gasteiger partial charge in [-0.25, -0.2) is 4.98 Å². The van der Waals surface area contributed by atoms with Gasteiger partial charge in [0, 0.05) is 5.69 Å². The number of methoxy groups -OCH3 is 1. The fourth-order valence-electron chi connectivity index (χ4n) is 1.28. The number of nitrogens with zero attached hydrogens (tertiary/aromatic N) is 1. The molecule has 1 heterocycles. The van der Waals surface area contributed by atoms with Crippen molar-refractivity contribution in [3.63, 3.8) is 0 Å². The van der Waals surface area contributed by atoms with Crippen molar-refractivity contribution in [2.24, 2.45) is 0 Å². The van der Waals surface area contributed by atoms with E-state index in [4.69, 9.17) is 14.9 Å². The van der Waals surface area contributed by atoms with Crippen LogP contribution in [0.5, 0.6) is 5.88 Å². The number of aromatic nitrogens is 1. The van der Waals surface area contributed by atoms with E-state index >= 15 is 0 Å². The monoisotopic (exact) mass is 183 g/mol. The van der Waals surface area contributed by atoms with Crippen LogP contribution in [0.25, 0.3) is 0 Å². The molecule has 1 aromatic rings. The molecule has 0 unspecified atom stereocenters. The predicted molar refractivity (Wildman–Crippen MR) is 47.4 cm³/mol. The summed E-state index contributed by atoms with van der Waals surface area (Å²) in [6.07, 6.45) is -1.54. The molecule has 0 atom stereocenters. The van der Waals surface area contributed by atoms with Crippen LogP contribution in [0.15, 0.2) is 6.07 Å². The van der Waals surface area contributed by atoms with Gasteiger partial charge >= 0.3 is 0 Å². The van der Waals surface area contributed by atoms with Crippen molar-refractivity contribution < 1.29 is 14.9 Å². The van der Waals surface area contributed by atoms with Crippen LogP contribution in [-0.2, 0) is 0 Å². The molecule has 13 heavy (non-hydrogen) atoms. The van der Waals surface area contributed by atoms with E-state index in [1.807, 2.05) is 6.92 Å². The maximum absolute atomic E-state index is 9.04. The lowest BCUT2D eigenvalue weighted by molar-refractivity contribution is -0.0447. The molecule has 0 aliphatic rings. The second kappa shape index (κ2) is 3.72. The first kappa shape index (κ1) is 9.95. The van der Waals surface area contributed by atoms with Crippen molar-refractivity contribution in [3.05, 3.63) is 22.9 Å². The number of rotatable bonds is 2. The third-order valence-corrected chi connectivity index (χ3v) is 1.81. The Morgan fingerprint density at radius 2 is 2.00 bits per heavy atom. The molecule has 0 spiro atoms. The number of hydrogen-bond donors (Lipinski definition) is 2. The molecule has 0 saturated carbocycles. The van der Waals surface area contributed by atoms with Crippen LogP contribution >= 0.6 is 0 Å². The Hall–Kier alpha value is -1.13. The summed E-state index contributed by atoms with van der Waals surface area (Å²) in [5.41, 5.74) is 1.88. The molecule has 0 radical (unpaired) electrons. The zero-order valence-electron chi connectivity index (χ0n) is 7.90. The van der Waals surface area contributed by atoms with E-state index in [1.54, 1.807) is 13.0 Å². The van der Waals surface area contributed by atoms with Crippen LogP contribution in [-0.4, -0.2) is 22.3 Å². The first-order valence-electron chi connectivity index (χ1n) is 3.94. The summed E-state index contributed by atoms with van der Waals surface area (Å²) in [7, 11) is 1.45. The van der Waals surface area contributed by atoms with Crippen LogP contribution in [0.1, 0.15) is 23.1 Å². The molecular weight excluding hydrogens is 170 g/mol. The normalized spacial score (nSPS) is 10.6. The molecule has 4 heteroatoms. The molecule has 0 fully saturated rings. The van der Waals surface area contributed by atoms with Crippen LogP contribution in [0.4, 0.5) is 0 Å². The summed E-state index contributed by atoms with van der Waals surface area (Å²) >= 11 is 0. The minimum absolute atomic E-state index is 0.271. The quantitative estimate of drug-likeness (QED) is 0.662. The van der Waals surface area contributed by atoms with Crippen molar-refractivity contribution in [2.75, 3.05) is 7.11 Å². The van der Waals surface area contributed by atoms with Gasteiger partial charge in [0.25, 0.3) is 0 Å². The first-order chi connectivity index (χ1) is 6.06. The van der Waals surface area contributed by atoms with Crippen molar-refractivity contribution in [1.82, 2.24) is 4.98 Å². The summed E-state index contributed by atoms with van der Waals surface area (Å²) in [6.45, 7) is 3.61. The predicted octanol–water partition coefficient (Wildman–Crippen LogP) is 0.690. The van der Waals surface area contributed by atoms with Crippen LogP contribution in [0.2, 0.25) is 0 Å². The number of ether oxygens (including phenoxy) is 1. The van der Waals surface area contributed by atoms with Crippen molar-refractivity contribution in [3.8, 4) is 5.88 Å². The van der Waals surface area contributed by atoms with Gasteiger partial charge in [0.15, 0.2) is 6.29 Å². The molecule has 1 rings (SSSR count). The summed E-state index contributed by atoms with van der Waals surface area (Å²) < 4.78 is 4.94. The summed E-state index contributed by atoms with van der Waals surface area (Å²) in [6, 6.07) is 1.78. The van der Waals surface area contributed by atoms with Crippen LogP contribution < -0.4 is 4.74 Å². The van der Waals surface area contributed by atoms with Crippen molar-refractivity contribution in [2.45, 2.75) is 20.1 Å². The van der Waals surface area contributed by atoms with E-state index in [0.717, 1.165) is 11.3 Å². The molecule has 4 nitrogen and oxygen atoms in total. The fraction of sp³-hybridized carbons (Fsp3) is 0.444. The number of aryl methyl sites for hydroxylation is 2. The van der Waals surface area contributed by atoms with Crippen LogP contribution in [0.3, 0.4) is 0 Å². The Bertz CT molecular complexity index is 310. The Labute approximate surface area is 76.8 Å². The minimum atomic E-state index is -1.54. The molecule has 72 valence electrons. The number of aliphatic hydroxyl groups is 2. The summed E-state index contributed by atoms with van der Waals surface area (Å²) in [5, 5.41) is 18.1. The molecule has 0 aromatic carbocycles. The first-order valence-corrected chi connectivity index (χ1v) is 3.94. The highest BCUT2D eigenvalue weighted by Gasteiger charge is 2.15. The second-order valence-corrected chi connectivity index (χ2v) is 2.88. The highest BCUT2D eigenvalue weighted by atomic mass is 16.5. The smallest absolute Gasteiger partial charge is 0.221 e. The van der Waals surface area contributed by atoms with E-state index in [9.17, 15) is 0 Å². The Morgan fingerprint density at radius 1 is 1.38 bits per heavy atom. The summed E-state index contributed by atoms with van der Waals surface area (Å²) in [4.78, 5) is 4.03. The van der Waals surface area contributed by atoms with Gasteiger partial charge in [-0.2, -0.15) is 0 Å². The lowest BCUT2D eigenvalue weighted by atomic mass is 10.1. The van der Waals surface area contributed by atoms with E-state index < -0.39 is 6.29 Å². The van der Waals surface area contributed by atoms with Gasteiger partial charge in [0.1, 0.15) is 0 Å². The molecule has 0 saturated heterocycles. The lowest BCUT2D eigenvalue weighted by Gasteiger charge is -2.12. The number of hydrogen-bond acceptors (Lipinski definition) is 4. The standard InChI is InChI=1S/C9H13NO3/c1-5-4-6(2)10-8(13-3)7(5)9(11)12/h4,9,11-12H,1-3H3. The van der Waals surface area contributed by atoms with E-state index in [2.05, 4.69) is 4.98 Å². The molecule has 0 amide bonds. The maximum atomic E-state index is 9.04. The second-order valence-electron chi connectivity index (χ2n) is 2.88. The average molecular weight is 183 g/mol. The molecule has 2 N–H and O–H groups in total. The van der Waals surface area contributed by atoms with Gasteiger partial charge < -0.3 is 14.9 Å². The lowest BCUT2D eigenvalue weighted by Crippen LogP contribution is -2.04. The Balaban J connectivity index is 3.30. The van der Waals surface area contributed by atoms with E-state index in [-0.39, 0.29) is 5.88 Å². The SMILES string of the molecule is COc1nc(C)cc(C)c1C(O)O. The van der Waals surface area contributed by atoms with Gasteiger partial charge in [0.05, 0.1) is 12.7 Å². The fourth-order valence-corrected chi connectivity index (χ4v) is 1.28. The third kappa shape index (κ3) is 1.96. The highest BCUT2D eigenvalue weighted by Crippen LogP contribution is 2.25. The summed E-state index contributed by atoms with van der Waals surface area (Å²) in [5.74, 6) is 0.271. The number of pyridine rings is 1. The van der Waals surface area contributed by atoms with Crippen molar-refractivity contribution >= 4 is 0 Å². The van der Waals surface area contributed by atoms with Crippen molar-refractivity contribution in [1.29, 1.82) is 0 Å².